The molecular formula is C14H20O2S. The number of carbonyl (C=O) groups is 1. The van der Waals surface area contributed by atoms with E-state index in [1.165, 1.54) is 9.75 Å². The normalized spacial score (nSPS) is 12.1. The molecule has 1 aromatic heterocycles. The van der Waals surface area contributed by atoms with Crippen LogP contribution in [0.4, 0.5) is 0 Å². The molecule has 0 radical (unpaired) electrons. The fourth-order valence-corrected chi connectivity index (χ4v) is 3.02. The third-order valence-corrected chi connectivity index (χ3v) is 3.67. The van der Waals surface area contributed by atoms with Crippen molar-refractivity contribution in [2.45, 2.75) is 40.0 Å². The van der Waals surface area contributed by atoms with Gasteiger partial charge in [-0.15, -0.1) is 11.3 Å². The van der Waals surface area contributed by atoms with Gasteiger partial charge in [0.2, 0.25) is 0 Å². The Balaban J connectivity index is 2.78. The highest BCUT2D eigenvalue weighted by atomic mass is 32.1. The number of hydrogen-bond acceptors (Lipinski definition) is 2. The lowest BCUT2D eigenvalue weighted by molar-refractivity contribution is -0.135. The molecular weight excluding hydrogens is 232 g/mol. The van der Waals surface area contributed by atoms with Gasteiger partial charge in [-0.25, -0.2) is 0 Å². The molecule has 1 aromatic rings. The van der Waals surface area contributed by atoms with Gasteiger partial charge in [0.15, 0.2) is 0 Å². The van der Waals surface area contributed by atoms with Gasteiger partial charge in [-0.05, 0) is 36.5 Å². The molecule has 0 aliphatic heterocycles. The van der Waals surface area contributed by atoms with E-state index in [2.05, 4.69) is 32.9 Å². The quantitative estimate of drug-likeness (QED) is 0.823. The van der Waals surface area contributed by atoms with Crippen LogP contribution in [-0.4, -0.2) is 11.1 Å². The first-order chi connectivity index (χ1) is 8.02. The minimum atomic E-state index is -0.769. The highest BCUT2D eigenvalue weighted by Crippen LogP contribution is 2.28. The monoisotopic (exact) mass is 252 g/mol. The van der Waals surface area contributed by atoms with Gasteiger partial charge in [-0.2, -0.15) is 0 Å². The molecule has 94 valence electrons. The summed E-state index contributed by atoms with van der Waals surface area (Å²) in [7, 11) is 0. The van der Waals surface area contributed by atoms with Crippen molar-refractivity contribution in [1.82, 2.24) is 0 Å². The van der Waals surface area contributed by atoms with Crippen LogP contribution < -0.4 is 0 Å². The molecule has 0 saturated carbocycles. The van der Waals surface area contributed by atoms with Crippen LogP contribution in [0.1, 0.15) is 43.4 Å². The van der Waals surface area contributed by atoms with E-state index in [-0.39, 0.29) is 6.42 Å². The Kier molecular flexibility index (Phi) is 5.42. The van der Waals surface area contributed by atoms with Crippen LogP contribution in [0.25, 0.3) is 5.57 Å². The Morgan fingerprint density at radius 3 is 2.71 bits per heavy atom. The summed E-state index contributed by atoms with van der Waals surface area (Å²) in [5.41, 5.74) is 1.15. The number of aliphatic carboxylic acids is 1. The zero-order chi connectivity index (χ0) is 12.8. The van der Waals surface area contributed by atoms with E-state index in [1.54, 1.807) is 11.3 Å². The summed E-state index contributed by atoms with van der Waals surface area (Å²) in [5, 5.41) is 8.69. The van der Waals surface area contributed by atoms with Crippen molar-refractivity contribution in [3.05, 3.63) is 28.0 Å². The summed E-state index contributed by atoms with van der Waals surface area (Å²) in [6, 6.07) is 4.27. The van der Waals surface area contributed by atoms with Gasteiger partial charge in [0, 0.05) is 9.75 Å². The topological polar surface area (TPSA) is 37.3 Å². The van der Waals surface area contributed by atoms with Crippen molar-refractivity contribution in [2.24, 2.45) is 5.92 Å². The molecule has 1 rings (SSSR count). The van der Waals surface area contributed by atoms with E-state index in [0.717, 1.165) is 18.4 Å². The summed E-state index contributed by atoms with van der Waals surface area (Å²) in [6.45, 7) is 6.48. The van der Waals surface area contributed by atoms with Gasteiger partial charge in [-0.3, -0.25) is 4.79 Å². The van der Waals surface area contributed by atoms with Crippen LogP contribution in [0, 0.1) is 5.92 Å². The molecule has 2 nitrogen and oxygen atoms in total. The number of hydrogen-bond donors (Lipinski definition) is 1. The van der Waals surface area contributed by atoms with Crippen molar-refractivity contribution in [1.29, 1.82) is 0 Å². The lowest BCUT2D eigenvalue weighted by Gasteiger charge is -2.02. The largest absolute Gasteiger partial charge is 0.481 e. The molecule has 0 aromatic carbocycles. The van der Waals surface area contributed by atoms with Crippen LogP contribution in [0.2, 0.25) is 0 Å². The molecule has 1 N–H and O–H groups in total. The Morgan fingerprint density at radius 2 is 2.18 bits per heavy atom. The predicted octanol–water partition coefficient (Wildman–Crippen LogP) is 4.21. The summed E-state index contributed by atoms with van der Waals surface area (Å²) < 4.78 is 0. The lowest BCUT2D eigenvalue weighted by atomic mass is 10.1. The van der Waals surface area contributed by atoms with Crippen molar-refractivity contribution in [2.75, 3.05) is 0 Å². The van der Waals surface area contributed by atoms with Crippen molar-refractivity contribution in [3.63, 3.8) is 0 Å². The van der Waals surface area contributed by atoms with Gasteiger partial charge < -0.3 is 5.11 Å². The first-order valence-electron chi connectivity index (χ1n) is 6.02. The van der Waals surface area contributed by atoms with Crippen LogP contribution in [-0.2, 0) is 11.2 Å². The lowest BCUT2D eigenvalue weighted by Crippen LogP contribution is -1.91. The van der Waals surface area contributed by atoms with Crippen LogP contribution in [0.15, 0.2) is 18.2 Å². The second kappa shape index (κ2) is 6.60. The number of rotatable bonds is 6. The molecule has 1 heterocycles. The van der Waals surface area contributed by atoms with E-state index >= 15 is 0 Å². The molecule has 0 aliphatic carbocycles. The van der Waals surface area contributed by atoms with Gasteiger partial charge in [-0.1, -0.05) is 26.8 Å². The molecule has 3 heteroatoms. The first-order valence-corrected chi connectivity index (χ1v) is 6.84. The number of carboxylic acids is 1. The zero-order valence-electron chi connectivity index (χ0n) is 10.7. The summed E-state index contributed by atoms with van der Waals surface area (Å²) >= 11 is 1.78. The van der Waals surface area contributed by atoms with Gasteiger partial charge in [0.25, 0.3) is 0 Å². The second-order valence-corrected chi connectivity index (χ2v) is 5.71. The van der Waals surface area contributed by atoms with Crippen LogP contribution in [0.5, 0.6) is 0 Å². The average molecular weight is 252 g/mol. The molecule has 0 bridgehead atoms. The number of thiophene rings is 1. The van der Waals surface area contributed by atoms with Crippen molar-refractivity contribution < 1.29 is 9.90 Å². The van der Waals surface area contributed by atoms with Crippen molar-refractivity contribution >= 4 is 22.9 Å². The number of allylic oxidation sites excluding steroid dienone is 1. The average Bonchev–Trinajstić information content (AvgIpc) is 2.66. The van der Waals surface area contributed by atoms with E-state index in [0.29, 0.717) is 5.92 Å². The Bertz CT molecular complexity index is 402. The Morgan fingerprint density at radius 1 is 1.47 bits per heavy atom. The maximum Gasteiger partial charge on any atom is 0.307 e. The third-order valence-electron chi connectivity index (χ3n) is 2.49. The molecule has 0 unspecified atom stereocenters. The predicted molar refractivity (Wildman–Crippen MR) is 73.4 cm³/mol. The Hall–Kier alpha value is -1.09. The van der Waals surface area contributed by atoms with E-state index in [9.17, 15) is 4.79 Å². The SMILES string of the molecule is CC/C(=C\CC(=O)O)c1ccc(CC(C)C)s1. The first kappa shape index (κ1) is 14.0. The van der Waals surface area contributed by atoms with Gasteiger partial charge >= 0.3 is 5.97 Å². The standard InChI is InChI=1S/C14H20O2S/c1-4-11(5-8-14(15)16)13-7-6-12(17-13)9-10(2)3/h5-7,10H,4,8-9H2,1-3H3,(H,15,16)/b11-5+. The summed E-state index contributed by atoms with van der Waals surface area (Å²) in [4.78, 5) is 13.2. The van der Waals surface area contributed by atoms with Crippen LogP contribution >= 0.6 is 11.3 Å². The molecule has 0 atom stereocenters. The summed E-state index contributed by atoms with van der Waals surface area (Å²) in [5.74, 6) is -0.107. The minimum absolute atomic E-state index is 0.112. The number of carboxylic acid groups (broad SMARTS) is 1. The molecule has 0 saturated heterocycles. The van der Waals surface area contributed by atoms with E-state index < -0.39 is 5.97 Å². The maximum atomic E-state index is 10.6. The maximum absolute atomic E-state index is 10.6. The van der Waals surface area contributed by atoms with Crippen molar-refractivity contribution in [3.8, 4) is 0 Å². The molecule has 0 fully saturated rings. The van der Waals surface area contributed by atoms with E-state index in [4.69, 9.17) is 5.11 Å². The smallest absolute Gasteiger partial charge is 0.307 e. The van der Waals surface area contributed by atoms with Gasteiger partial charge in [0.05, 0.1) is 6.42 Å². The highest BCUT2D eigenvalue weighted by Gasteiger charge is 2.06. The minimum Gasteiger partial charge on any atom is -0.481 e. The molecule has 0 amide bonds. The molecule has 0 spiro atoms. The molecule has 0 aliphatic rings. The molecule has 17 heavy (non-hydrogen) atoms. The second-order valence-electron chi connectivity index (χ2n) is 4.54. The fraction of sp³-hybridized carbons (Fsp3) is 0.500. The van der Waals surface area contributed by atoms with Gasteiger partial charge in [0.1, 0.15) is 0 Å². The highest BCUT2D eigenvalue weighted by molar-refractivity contribution is 7.13. The third kappa shape index (κ3) is 4.73. The zero-order valence-corrected chi connectivity index (χ0v) is 11.5. The van der Waals surface area contributed by atoms with E-state index in [1.807, 2.05) is 6.08 Å². The fourth-order valence-electron chi connectivity index (χ4n) is 1.69. The summed E-state index contributed by atoms with van der Waals surface area (Å²) in [6.07, 6.45) is 3.92. The Labute approximate surface area is 107 Å². The van der Waals surface area contributed by atoms with Crippen LogP contribution in [0.3, 0.4) is 0 Å².